The van der Waals surface area contributed by atoms with E-state index in [1.54, 1.807) is 0 Å². The maximum Gasteiger partial charge on any atom is 0.136 e. The summed E-state index contributed by atoms with van der Waals surface area (Å²) >= 11 is 1.88. The summed E-state index contributed by atoms with van der Waals surface area (Å²) in [6, 6.07) is 72.5. The molecule has 0 bridgehead atoms. The Labute approximate surface area is 329 Å². The van der Waals surface area contributed by atoms with Crippen LogP contribution >= 0.6 is 11.3 Å². The van der Waals surface area contributed by atoms with Crippen molar-refractivity contribution in [2.75, 3.05) is 4.90 Å². The van der Waals surface area contributed by atoms with Crippen molar-refractivity contribution >= 4 is 75.6 Å². The molecule has 0 fully saturated rings. The van der Waals surface area contributed by atoms with Gasteiger partial charge < -0.3 is 9.32 Å². The Balaban J connectivity index is 0.971. The molecule has 0 aliphatic carbocycles. The fourth-order valence-electron chi connectivity index (χ4n) is 8.34. The second-order valence-electron chi connectivity index (χ2n) is 14.5. The molecule has 0 saturated carbocycles. The molecular weight excluding hydrogens is 699 g/mol. The third-order valence-corrected chi connectivity index (χ3v) is 12.4. The van der Waals surface area contributed by atoms with Crippen LogP contribution in [0.5, 0.6) is 0 Å². The molecule has 0 N–H and O–H groups in total. The number of nitrogens with zero attached hydrogens (tertiary/aromatic N) is 1. The van der Waals surface area contributed by atoms with Crippen molar-refractivity contribution in [3.8, 4) is 33.4 Å². The summed E-state index contributed by atoms with van der Waals surface area (Å²) in [5.74, 6) is 0. The van der Waals surface area contributed by atoms with Crippen LogP contribution in [-0.2, 0) is 6.54 Å². The maximum atomic E-state index is 6.23. The van der Waals surface area contributed by atoms with Gasteiger partial charge in [-0.25, -0.2) is 0 Å². The van der Waals surface area contributed by atoms with Gasteiger partial charge in [0.25, 0.3) is 0 Å². The Morgan fingerprint density at radius 2 is 1.04 bits per heavy atom. The first-order chi connectivity index (χ1) is 27.7. The molecule has 11 aromatic rings. The predicted molar refractivity (Wildman–Crippen MR) is 239 cm³/mol. The van der Waals surface area contributed by atoms with E-state index >= 15 is 0 Å². The van der Waals surface area contributed by atoms with Crippen molar-refractivity contribution in [2.45, 2.75) is 6.54 Å². The number of anilines is 2. The molecular formula is C53H35NOS. The van der Waals surface area contributed by atoms with E-state index in [9.17, 15) is 0 Å². The Morgan fingerprint density at radius 1 is 0.393 bits per heavy atom. The van der Waals surface area contributed by atoms with Gasteiger partial charge in [0, 0.05) is 48.9 Å². The van der Waals surface area contributed by atoms with Crippen molar-refractivity contribution in [3.05, 3.63) is 206 Å². The number of benzene rings is 9. The highest BCUT2D eigenvalue weighted by atomic mass is 32.1. The lowest BCUT2D eigenvalue weighted by Gasteiger charge is -2.27. The fourth-order valence-corrected chi connectivity index (χ4v) is 9.57. The molecule has 0 aliphatic rings. The number of hydrogen-bond donors (Lipinski definition) is 0. The number of fused-ring (bicyclic) bond motifs is 7. The van der Waals surface area contributed by atoms with Crippen LogP contribution in [0.15, 0.2) is 205 Å². The van der Waals surface area contributed by atoms with Gasteiger partial charge in [0.15, 0.2) is 0 Å². The summed E-state index contributed by atoms with van der Waals surface area (Å²) in [5.41, 5.74) is 12.7. The van der Waals surface area contributed by atoms with Crippen molar-refractivity contribution in [1.29, 1.82) is 0 Å². The molecule has 56 heavy (non-hydrogen) atoms. The molecule has 9 aromatic carbocycles. The van der Waals surface area contributed by atoms with Crippen molar-refractivity contribution in [2.24, 2.45) is 0 Å². The van der Waals surface area contributed by atoms with Crippen LogP contribution in [0.4, 0.5) is 11.4 Å². The molecule has 2 nitrogen and oxygen atoms in total. The van der Waals surface area contributed by atoms with E-state index in [2.05, 4.69) is 193 Å². The minimum Gasteiger partial charge on any atom is -0.456 e. The molecule has 11 rings (SSSR count). The van der Waals surface area contributed by atoms with E-state index in [0.29, 0.717) is 0 Å². The molecule has 2 heterocycles. The van der Waals surface area contributed by atoms with Crippen LogP contribution < -0.4 is 4.90 Å². The first kappa shape index (κ1) is 32.5. The predicted octanol–water partition coefficient (Wildman–Crippen LogP) is 15.4. The Hall–Kier alpha value is -6.94. The molecule has 2 aromatic heterocycles. The van der Waals surface area contributed by atoms with E-state index < -0.39 is 0 Å². The third kappa shape index (κ3) is 5.64. The zero-order valence-electron chi connectivity index (χ0n) is 30.5. The number of rotatable bonds is 7. The number of thiophene rings is 1. The highest BCUT2D eigenvalue weighted by Gasteiger charge is 2.16. The van der Waals surface area contributed by atoms with Crippen molar-refractivity contribution in [3.63, 3.8) is 0 Å². The Bertz CT molecular complexity index is 3210. The largest absolute Gasteiger partial charge is 0.456 e. The van der Waals surface area contributed by atoms with Crippen LogP contribution in [0.1, 0.15) is 5.56 Å². The quantitative estimate of drug-likeness (QED) is 0.162. The second-order valence-corrected chi connectivity index (χ2v) is 15.5. The zero-order chi connectivity index (χ0) is 37.0. The average Bonchev–Trinajstić information content (AvgIpc) is 3.83. The summed E-state index contributed by atoms with van der Waals surface area (Å²) in [6.45, 7) is 0.721. The topological polar surface area (TPSA) is 16.4 Å². The lowest BCUT2D eigenvalue weighted by atomic mass is 9.98. The minimum absolute atomic E-state index is 0.721. The third-order valence-electron chi connectivity index (χ3n) is 11.2. The first-order valence-electron chi connectivity index (χ1n) is 19.1. The molecule has 0 spiro atoms. The average molecular weight is 734 g/mol. The van der Waals surface area contributed by atoms with Gasteiger partial charge in [0.05, 0.1) is 0 Å². The van der Waals surface area contributed by atoms with Crippen molar-refractivity contribution < 1.29 is 4.42 Å². The summed E-state index contributed by atoms with van der Waals surface area (Å²) in [6.07, 6.45) is 0. The van der Waals surface area contributed by atoms with Gasteiger partial charge in [-0.05, 0) is 104 Å². The van der Waals surface area contributed by atoms with Gasteiger partial charge in [-0.15, -0.1) is 11.3 Å². The lowest BCUT2D eigenvalue weighted by molar-refractivity contribution is 0.669. The van der Waals surface area contributed by atoms with E-state index in [1.807, 2.05) is 23.5 Å². The van der Waals surface area contributed by atoms with Crippen LogP contribution in [0.3, 0.4) is 0 Å². The Kier molecular flexibility index (Phi) is 7.78. The molecule has 0 unspecified atom stereocenters. The van der Waals surface area contributed by atoms with Gasteiger partial charge >= 0.3 is 0 Å². The number of hydrogen-bond acceptors (Lipinski definition) is 3. The molecule has 0 amide bonds. The normalized spacial score (nSPS) is 11.6. The SMILES string of the molecule is c1ccc(-c2ccccc2CN(c2ccc(-c3ccc4cc5c(cc4c3)oc3ccccc35)cc2)c2ccc(-c3cccc4c3sc3ccccc34)cc2)cc1. The summed E-state index contributed by atoms with van der Waals surface area (Å²) in [4.78, 5) is 2.44. The van der Waals surface area contributed by atoms with Gasteiger partial charge in [-0.3, -0.25) is 0 Å². The van der Waals surface area contributed by atoms with E-state index in [1.165, 1.54) is 69.9 Å². The molecule has 0 aliphatic heterocycles. The van der Waals surface area contributed by atoms with Crippen LogP contribution in [0, 0.1) is 0 Å². The zero-order valence-corrected chi connectivity index (χ0v) is 31.3. The van der Waals surface area contributed by atoms with Crippen LogP contribution in [-0.4, -0.2) is 0 Å². The lowest BCUT2D eigenvalue weighted by Crippen LogP contribution is -2.17. The van der Waals surface area contributed by atoms with Crippen molar-refractivity contribution in [1.82, 2.24) is 0 Å². The molecule has 0 radical (unpaired) electrons. The highest BCUT2D eigenvalue weighted by Crippen LogP contribution is 2.41. The van der Waals surface area contributed by atoms with Gasteiger partial charge in [0.1, 0.15) is 11.2 Å². The fraction of sp³-hybridized carbons (Fsp3) is 0.0189. The first-order valence-corrected chi connectivity index (χ1v) is 19.9. The summed E-state index contributed by atoms with van der Waals surface area (Å²) < 4.78 is 8.89. The molecule has 3 heteroatoms. The van der Waals surface area contributed by atoms with Gasteiger partial charge in [0.2, 0.25) is 0 Å². The minimum atomic E-state index is 0.721. The second kappa shape index (κ2) is 13.4. The number of furan rings is 1. The summed E-state index contributed by atoms with van der Waals surface area (Å²) in [5, 5.41) is 7.33. The maximum absolute atomic E-state index is 6.23. The molecule has 0 atom stereocenters. The van der Waals surface area contributed by atoms with E-state index in [-0.39, 0.29) is 0 Å². The number of para-hydroxylation sites is 1. The van der Waals surface area contributed by atoms with Crippen LogP contribution in [0.25, 0.3) is 86.3 Å². The standard InChI is InChI=1S/C53H35NOS/c1-2-11-36(12-3-1)44-14-5-4-13-40(44)34-54(43-29-25-37(26-30-43)45-17-10-18-48-47-16-7-9-20-52(47)56-53(45)48)42-27-23-35(24-28-42)38-21-22-39-32-49-46-15-6-8-19-50(46)55-51(49)33-41(39)31-38/h1-33H,34H2. The van der Waals surface area contributed by atoms with E-state index in [0.717, 1.165) is 39.9 Å². The smallest absolute Gasteiger partial charge is 0.136 e. The molecule has 264 valence electrons. The van der Waals surface area contributed by atoms with E-state index in [4.69, 9.17) is 4.42 Å². The summed E-state index contributed by atoms with van der Waals surface area (Å²) in [7, 11) is 0. The van der Waals surface area contributed by atoms with Gasteiger partial charge in [-0.1, -0.05) is 146 Å². The van der Waals surface area contributed by atoms with Gasteiger partial charge in [-0.2, -0.15) is 0 Å². The molecule has 0 saturated heterocycles. The Morgan fingerprint density at radius 3 is 1.88 bits per heavy atom. The highest BCUT2D eigenvalue weighted by molar-refractivity contribution is 7.26. The van der Waals surface area contributed by atoms with Crippen LogP contribution in [0.2, 0.25) is 0 Å². The monoisotopic (exact) mass is 733 g/mol.